The highest BCUT2D eigenvalue weighted by Crippen LogP contribution is 2.41. The Bertz CT molecular complexity index is 656. The van der Waals surface area contributed by atoms with E-state index >= 15 is 0 Å². The van der Waals surface area contributed by atoms with Crippen molar-refractivity contribution >= 4 is 18.3 Å². The molecule has 1 saturated carbocycles. The third kappa shape index (κ3) is 3.63. The molecular weight excluding hydrogens is 320 g/mol. The Morgan fingerprint density at radius 2 is 1.58 bits per heavy atom. The monoisotopic (exact) mass is 344 g/mol. The largest absolute Gasteiger partial charge is 0.346 e. The van der Waals surface area contributed by atoms with Crippen molar-refractivity contribution in [2.75, 3.05) is 0 Å². The Labute approximate surface area is 150 Å². The maximum absolute atomic E-state index is 12.7. The van der Waals surface area contributed by atoms with Crippen molar-refractivity contribution < 1.29 is 4.79 Å². The van der Waals surface area contributed by atoms with Crippen LogP contribution in [0.1, 0.15) is 43.4 Å². The van der Waals surface area contributed by atoms with Crippen LogP contribution in [0.3, 0.4) is 0 Å². The molecule has 2 unspecified atom stereocenters. The van der Waals surface area contributed by atoms with Crippen molar-refractivity contribution in [1.82, 2.24) is 5.32 Å². The molecule has 128 valence electrons. The molecule has 0 radical (unpaired) electrons. The van der Waals surface area contributed by atoms with Gasteiger partial charge in [0.15, 0.2) is 0 Å². The van der Waals surface area contributed by atoms with Crippen LogP contribution in [0.5, 0.6) is 0 Å². The number of halogens is 1. The minimum atomic E-state index is -0.288. The normalized spacial score (nSPS) is 17.8. The second-order valence-electron chi connectivity index (χ2n) is 6.52. The molecule has 2 atom stereocenters. The van der Waals surface area contributed by atoms with E-state index in [1.54, 1.807) is 0 Å². The average Bonchev–Trinajstić information content (AvgIpc) is 2.58. The molecule has 0 aliphatic heterocycles. The molecule has 0 heterocycles. The van der Waals surface area contributed by atoms with E-state index in [1.165, 1.54) is 5.56 Å². The number of rotatable bonds is 5. The van der Waals surface area contributed by atoms with Gasteiger partial charge in [0.25, 0.3) is 0 Å². The van der Waals surface area contributed by atoms with Gasteiger partial charge in [-0.15, -0.1) is 12.4 Å². The first-order valence-corrected chi connectivity index (χ1v) is 8.30. The molecule has 0 bridgehead atoms. The Morgan fingerprint density at radius 1 is 1.04 bits per heavy atom. The van der Waals surface area contributed by atoms with Crippen molar-refractivity contribution in [2.45, 2.75) is 37.8 Å². The zero-order valence-electron chi connectivity index (χ0n) is 13.9. The lowest BCUT2D eigenvalue weighted by Crippen LogP contribution is -2.53. The topological polar surface area (TPSA) is 55.1 Å². The predicted molar refractivity (Wildman–Crippen MR) is 99.9 cm³/mol. The maximum Gasteiger partial charge on any atom is 0.225 e. The summed E-state index contributed by atoms with van der Waals surface area (Å²) >= 11 is 0. The van der Waals surface area contributed by atoms with Crippen LogP contribution in [-0.2, 0) is 10.3 Å². The van der Waals surface area contributed by atoms with Crippen molar-refractivity contribution in [3.05, 3.63) is 71.8 Å². The Hall–Kier alpha value is -1.84. The number of carbonyl (C=O) groups is 1. The zero-order chi connectivity index (χ0) is 16.3. The molecule has 0 spiro atoms. The minimum absolute atomic E-state index is 0. The van der Waals surface area contributed by atoms with Gasteiger partial charge in [0.1, 0.15) is 0 Å². The summed E-state index contributed by atoms with van der Waals surface area (Å²) in [7, 11) is 0. The van der Waals surface area contributed by atoms with Gasteiger partial charge in [0.2, 0.25) is 5.91 Å². The van der Waals surface area contributed by atoms with Gasteiger partial charge in [0, 0.05) is 6.04 Å². The summed E-state index contributed by atoms with van der Waals surface area (Å²) in [5, 5.41) is 3.28. The van der Waals surface area contributed by atoms with E-state index in [4.69, 9.17) is 5.73 Å². The fraction of sp³-hybridized carbons (Fsp3) is 0.350. The lowest BCUT2D eigenvalue weighted by atomic mass is 9.71. The van der Waals surface area contributed by atoms with Crippen LogP contribution in [-0.4, -0.2) is 5.91 Å². The molecule has 3 N–H and O–H groups in total. The first kappa shape index (κ1) is 18.5. The molecule has 1 amide bonds. The lowest BCUT2D eigenvalue weighted by Gasteiger charge is -2.44. The van der Waals surface area contributed by atoms with E-state index in [2.05, 4.69) is 17.4 Å². The minimum Gasteiger partial charge on any atom is -0.346 e. The highest BCUT2D eigenvalue weighted by atomic mass is 35.5. The standard InChI is InChI=1S/C20H24N2O.ClH/c1-15(18(21)16-9-4-2-5-10-16)19(23)22-20(13-8-14-20)17-11-6-3-7-12-17;/h2-7,9-12,15,18H,8,13-14,21H2,1H3,(H,22,23);1H. The first-order chi connectivity index (χ1) is 11.1. The zero-order valence-corrected chi connectivity index (χ0v) is 14.8. The van der Waals surface area contributed by atoms with Crippen LogP contribution in [0.15, 0.2) is 60.7 Å². The van der Waals surface area contributed by atoms with Crippen molar-refractivity contribution in [3.8, 4) is 0 Å². The fourth-order valence-electron chi connectivity index (χ4n) is 3.25. The number of hydrogen-bond donors (Lipinski definition) is 2. The molecule has 1 fully saturated rings. The molecule has 2 aromatic carbocycles. The number of carbonyl (C=O) groups excluding carboxylic acids is 1. The number of benzene rings is 2. The average molecular weight is 345 g/mol. The van der Waals surface area contributed by atoms with Crippen LogP contribution in [0.25, 0.3) is 0 Å². The number of nitrogens with two attached hydrogens (primary N) is 1. The highest BCUT2D eigenvalue weighted by Gasteiger charge is 2.41. The van der Waals surface area contributed by atoms with Crippen molar-refractivity contribution in [1.29, 1.82) is 0 Å². The van der Waals surface area contributed by atoms with Crippen molar-refractivity contribution in [2.24, 2.45) is 11.7 Å². The number of amides is 1. The van der Waals surface area contributed by atoms with E-state index < -0.39 is 0 Å². The van der Waals surface area contributed by atoms with Gasteiger partial charge >= 0.3 is 0 Å². The van der Waals surface area contributed by atoms with E-state index in [0.717, 1.165) is 24.8 Å². The molecule has 4 heteroatoms. The van der Waals surface area contributed by atoms with Crippen LogP contribution in [0.4, 0.5) is 0 Å². The molecule has 1 aliphatic rings. The summed E-state index contributed by atoms with van der Waals surface area (Å²) < 4.78 is 0. The quantitative estimate of drug-likeness (QED) is 0.863. The third-order valence-corrected chi connectivity index (χ3v) is 5.03. The second kappa shape index (κ2) is 7.82. The van der Waals surface area contributed by atoms with Crippen LogP contribution < -0.4 is 11.1 Å². The summed E-state index contributed by atoms with van der Waals surface area (Å²) in [6.07, 6.45) is 3.14. The van der Waals surface area contributed by atoms with Crippen LogP contribution in [0.2, 0.25) is 0 Å². The van der Waals surface area contributed by atoms with Gasteiger partial charge in [0.05, 0.1) is 11.5 Å². The highest BCUT2D eigenvalue weighted by molar-refractivity contribution is 5.85. The van der Waals surface area contributed by atoms with E-state index in [1.807, 2.05) is 55.5 Å². The first-order valence-electron chi connectivity index (χ1n) is 8.30. The molecule has 3 nitrogen and oxygen atoms in total. The summed E-state index contributed by atoms with van der Waals surface area (Å²) in [4.78, 5) is 12.7. The molecule has 0 aromatic heterocycles. The Morgan fingerprint density at radius 3 is 2.08 bits per heavy atom. The molecule has 24 heavy (non-hydrogen) atoms. The van der Waals surface area contributed by atoms with Gasteiger partial charge in [-0.05, 0) is 30.4 Å². The maximum atomic E-state index is 12.7. The van der Waals surface area contributed by atoms with Gasteiger partial charge in [-0.3, -0.25) is 4.79 Å². The van der Waals surface area contributed by atoms with Crippen LogP contribution >= 0.6 is 12.4 Å². The molecular formula is C20H25ClN2O. The summed E-state index contributed by atoms with van der Waals surface area (Å²) in [6, 6.07) is 19.8. The van der Waals surface area contributed by atoms with Crippen LogP contribution in [0, 0.1) is 5.92 Å². The summed E-state index contributed by atoms with van der Waals surface area (Å²) in [5.74, 6) is -0.233. The summed E-state index contributed by atoms with van der Waals surface area (Å²) in [5.41, 5.74) is 8.28. The van der Waals surface area contributed by atoms with E-state index in [-0.39, 0.29) is 35.8 Å². The predicted octanol–water partition coefficient (Wildman–Crippen LogP) is 3.94. The van der Waals surface area contributed by atoms with Gasteiger partial charge in [-0.1, -0.05) is 67.6 Å². The smallest absolute Gasteiger partial charge is 0.225 e. The third-order valence-electron chi connectivity index (χ3n) is 5.03. The SMILES string of the molecule is CC(C(=O)NC1(c2ccccc2)CCC1)C(N)c1ccccc1.Cl. The molecule has 3 rings (SSSR count). The molecule has 0 saturated heterocycles. The van der Waals surface area contributed by atoms with Gasteiger partial charge in [-0.2, -0.15) is 0 Å². The van der Waals surface area contributed by atoms with Gasteiger partial charge in [-0.25, -0.2) is 0 Å². The Kier molecular flexibility index (Phi) is 6.03. The number of hydrogen-bond acceptors (Lipinski definition) is 2. The molecule has 1 aliphatic carbocycles. The second-order valence-corrected chi connectivity index (χ2v) is 6.52. The summed E-state index contributed by atoms with van der Waals surface area (Å²) in [6.45, 7) is 1.91. The van der Waals surface area contributed by atoms with E-state index in [0.29, 0.717) is 0 Å². The van der Waals surface area contributed by atoms with E-state index in [9.17, 15) is 4.79 Å². The fourth-order valence-corrected chi connectivity index (χ4v) is 3.25. The number of nitrogens with one attached hydrogen (secondary N) is 1. The van der Waals surface area contributed by atoms with Gasteiger partial charge < -0.3 is 11.1 Å². The molecule has 2 aromatic rings. The Balaban J connectivity index is 0.00000208. The lowest BCUT2D eigenvalue weighted by molar-refractivity contribution is -0.128. The van der Waals surface area contributed by atoms with Crippen molar-refractivity contribution in [3.63, 3.8) is 0 Å².